The molecular formula is C28H32N4O2. The molecule has 7 rings (SSSR count). The first-order valence-electron chi connectivity index (χ1n) is 12.6. The summed E-state index contributed by atoms with van der Waals surface area (Å²) in [5.41, 5.74) is 9.89. The molecule has 4 aliphatic carbocycles. The Bertz CT molecular complexity index is 1310. The maximum Gasteiger partial charge on any atom is 0.224 e. The van der Waals surface area contributed by atoms with Crippen LogP contribution < -0.4 is 15.8 Å². The molecule has 3 bridgehead atoms. The molecular weight excluding hydrogens is 424 g/mol. The maximum absolute atomic E-state index is 13.2. The Hall–Kier alpha value is -3.02. The summed E-state index contributed by atoms with van der Waals surface area (Å²) < 4.78 is 7.27. The van der Waals surface area contributed by atoms with E-state index >= 15 is 0 Å². The van der Waals surface area contributed by atoms with Crippen molar-refractivity contribution in [2.75, 3.05) is 18.2 Å². The van der Waals surface area contributed by atoms with Crippen LogP contribution in [0, 0.1) is 28.6 Å². The van der Waals surface area contributed by atoms with Crippen molar-refractivity contribution in [2.45, 2.75) is 51.5 Å². The molecule has 34 heavy (non-hydrogen) atoms. The number of fused-ring (bicyclic) bond motifs is 3. The molecule has 1 spiro atoms. The van der Waals surface area contributed by atoms with Gasteiger partial charge in [-0.2, -0.15) is 5.10 Å². The van der Waals surface area contributed by atoms with Crippen LogP contribution >= 0.6 is 0 Å². The highest BCUT2D eigenvalue weighted by molar-refractivity contribution is 5.96. The normalized spacial score (nSPS) is 32.6. The first kappa shape index (κ1) is 20.4. The van der Waals surface area contributed by atoms with Gasteiger partial charge in [-0.1, -0.05) is 18.2 Å². The average molecular weight is 457 g/mol. The summed E-state index contributed by atoms with van der Waals surface area (Å²) in [4.78, 5) is 13.2. The number of aromatic nitrogens is 2. The zero-order valence-electron chi connectivity index (χ0n) is 19.7. The minimum atomic E-state index is 0.149. The van der Waals surface area contributed by atoms with Gasteiger partial charge < -0.3 is 15.8 Å². The molecule has 3 N–H and O–H groups in total. The number of methoxy groups -OCH3 is 1. The first-order chi connectivity index (χ1) is 16.5. The summed E-state index contributed by atoms with van der Waals surface area (Å²) >= 11 is 0. The van der Waals surface area contributed by atoms with E-state index in [2.05, 4.69) is 5.32 Å². The summed E-state index contributed by atoms with van der Waals surface area (Å²) in [5.74, 6) is 4.31. The van der Waals surface area contributed by atoms with Crippen LogP contribution in [0.25, 0.3) is 10.9 Å². The summed E-state index contributed by atoms with van der Waals surface area (Å²) in [6.07, 6.45) is 8.79. The average Bonchev–Trinajstić information content (AvgIpc) is 3.29. The Balaban J connectivity index is 1.09. The molecule has 3 aromatic rings. The lowest BCUT2D eigenvalue weighted by molar-refractivity contribution is -0.119. The van der Waals surface area contributed by atoms with E-state index < -0.39 is 0 Å². The molecule has 1 amide bonds. The zero-order chi connectivity index (χ0) is 23.1. The Morgan fingerprint density at radius 1 is 1.18 bits per heavy atom. The fourth-order valence-electron chi connectivity index (χ4n) is 8.64. The number of nitrogens with two attached hydrogens (primary N) is 1. The number of rotatable bonds is 6. The van der Waals surface area contributed by atoms with Crippen molar-refractivity contribution in [3.63, 3.8) is 0 Å². The van der Waals surface area contributed by atoms with Crippen LogP contribution in [-0.4, -0.2) is 22.8 Å². The lowest BCUT2D eigenvalue weighted by atomic mass is 9.55. The highest BCUT2D eigenvalue weighted by Gasteiger charge is 2.70. The third-order valence-corrected chi connectivity index (χ3v) is 9.70. The summed E-state index contributed by atoms with van der Waals surface area (Å²) in [6, 6.07) is 13.7. The van der Waals surface area contributed by atoms with Gasteiger partial charge in [0.15, 0.2) is 0 Å². The second-order valence-electron chi connectivity index (χ2n) is 11.6. The molecule has 0 aliphatic heterocycles. The third kappa shape index (κ3) is 2.87. The fraction of sp³-hybridized carbons (Fsp3) is 0.500. The number of anilines is 2. The van der Waals surface area contributed by atoms with Gasteiger partial charge in [0.25, 0.3) is 0 Å². The summed E-state index contributed by atoms with van der Waals surface area (Å²) in [6.45, 7) is 0.528. The Morgan fingerprint density at radius 3 is 2.94 bits per heavy atom. The van der Waals surface area contributed by atoms with E-state index in [4.69, 9.17) is 15.6 Å². The number of benzene rings is 2. The summed E-state index contributed by atoms with van der Waals surface area (Å²) in [5, 5.41) is 8.81. The largest absolute Gasteiger partial charge is 0.496 e. The van der Waals surface area contributed by atoms with Gasteiger partial charge in [0, 0.05) is 23.1 Å². The van der Waals surface area contributed by atoms with Crippen LogP contribution in [0.5, 0.6) is 5.75 Å². The molecule has 176 valence electrons. The molecule has 1 aromatic heterocycles. The van der Waals surface area contributed by atoms with Crippen molar-refractivity contribution >= 4 is 28.3 Å². The van der Waals surface area contributed by atoms with E-state index in [9.17, 15) is 4.79 Å². The molecule has 2 aromatic carbocycles. The van der Waals surface area contributed by atoms with Gasteiger partial charge in [0.2, 0.25) is 5.91 Å². The van der Waals surface area contributed by atoms with E-state index in [0.29, 0.717) is 24.2 Å². The van der Waals surface area contributed by atoms with Crippen LogP contribution in [0.2, 0.25) is 0 Å². The van der Waals surface area contributed by atoms with Crippen LogP contribution in [0.3, 0.4) is 0 Å². The SMILES string of the molecule is COc1ccccc1Cn1nc2cc(NC(=O)CC34CC5CC6CC(C3)C6(C5)C4)ccc2c1N. The monoisotopic (exact) mass is 456 g/mol. The highest BCUT2D eigenvalue weighted by Crippen LogP contribution is 2.79. The lowest BCUT2D eigenvalue weighted by Crippen LogP contribution is -2.42. The number of para-hydroxylation sites is 1. The Kier molecular flexibility index (Phi) is 4.19. The predicted molar refractivity (Wildman–Crippen MR) is 133 cm³/mol. The van der Waals surface area contributed by atoms with E-state index in [1.165, 1.54) is 38.5 Å². The number of nitrogens with one attached hydrogen (secondary N) is 1. The molecule has 5 atom stereocenters. The Morgan fingerprint density at radius 2 is 2.06 bits per heavy atom. The smallest absolute Gasteiger partial charge is 0.224 e. The number of hydrogen-bond donors (Lipinski definition) is 2. The van der Waals surface area contributed by atoms with Crippen molar-refractivity contribution in [2.24, 2.45) is 28.6 Å². The minimum Gasteiger partial charge on any atom is -0.496 e. The first-order valence-corrected chi connectivity index (χ1v) is 12.6. The van der Waals surface area contributed by atoms with Gasteiger partial charge in [0.1, 0.15) is 11.6 Å². The molecule has 6 heteroatoms. The molecule has 4 saturated carbocycles. The number of nitrogens with zero attached hydrogens (tertiary/aromatic N) is 2. The van der Waals surface area contributed by atoms with Gasteiger partial charge in [0.05, 0.1) is 19.2 Å². The highest BCUT2D eigenvalue weighted by atomic mass is 16.5. The van der Waals surface area contributed by atoms with Crippen molar-refractivity contribution in [1.29, 1.82) is 0 Å². The standard InChI is InChI=1S/C28H32N4O2/c1-34-24-5-3-2-4-18(24)15-32-26(29)22-7-6-21(10-23(22)31-32)30-25(33)14-27-11-17-8-19-9-20(13-27)28(19,12-17)16-27/h2-7,10,17,19-20H,8-9,11-16,29H2,1H3,(H,30,33). The number of carbonyl (C=O) groups is 1. The van der Waals surface area contributed by atoms with Crippen molar-refractivity contribution in [3.05, 3.63) is 48.0 Å². The quantitative estimate of drug-likeness (QED) is 0.533. The van der Waals surface area contributed by atoms with Gasteiger partial charge >= 0.3 is 0 Å². The van der Waals surface area contributed by atoms with Gasteiger partial charge in [-0.3, -0.25) is 4.79 Å². The van der Waals surface area contributed by atoms with E-state index in [-0.39, 0.29) is 11.3 Å². The maximum atomic E-state index is 13.2. The minimum absolute atomic E-state index is 0.149. The topological polar surface area (TPSA) is 82.2 Å². The van der Waals surface area contributed by atoms with Crippen molar-refractivity contribution in [3.8, 4) is 5.75 Å². The van der Waals surface area contributed by atoms with E-state index in [0.717, 1.165) is 45.7 Å². The van der Waals surface area contributed by atoms with Gasteiger partial charge in [-0.15, -0.1) is 0 Å². The molecule has 0 saturated heterocycles. The number of carbonyl (C=O) groups excluding carboxylic acids is 1. The summed E-state index contributed by atoms with van der Waals surface area (Å²) in [7, 11) is 1.67. The van der Waals surface area contributed by atoms with Crippen LogP contribution in [0.4, 0.5) is 11.5 Å². The molecule has 0 radical (unpaired) electrons. The lowest BCUT2D eigenvalue weighted by Gasteiger charge is -2.49. The molecule has 4 aliphatic rings. The van der Waals surface area contributed by atoms with Crippen molar-refractivity contribution in [1.82, 2.24) is 9.78 Å². The van der Waals surface area contributed by atoms with Crippen molar-refractivity contribution < 1.29 is 9.53 Å². The predicted octanol–water partition coefficient (Wildman–Crippen LogP) is 5.22. The van der Waals surface area contributed by atoms with Crippen LogP contribution in [0.15, 0.2) is 42.5 Å². The second kappa shape index (κ2) is 7.00. The fourth-order valence-corrected chi connectivity index (χ4v) is 8.64. The number of amides is 1. The third-order valence-electron chi connectivity index (χ3n) is 9.70. The van der Waals surface area contributed by atoms with Crippen LogP contribution in [0.1, 0.15) is 50.5 Å². The number of nitrogen functional groups attached to an aromatic ring is 1. The van der Waals surface area contributed by atoms with E-state index in [1.807, 2.05) is 42.5 Å². The molecule has 5 unspecified atom stereocenters. The number of hydrogen-bond acceptors (Lipinski definition) is 4. The van der Waals surface area contributed by atoms with Crippen LogP contribution in [-0.2, 0) is 11.3 Å². The number of ether oxygens (including phenoxy) is 1. The second-order valence-corrected chi connectivity index (χ2v) is 11.6. The molecule has 1 heterocycles. The molecule has 6 nitrogen and oxygen atoms in total. The van der Waals surface area contributed by atoms with Gasteiger partial charge in [-0.25, -0.2) is 4.68 Å². The zero-order valence-corrected chi connectivity index (χ0v) is 19.7. The van der Waals surface area contributed by atoms with Gasteiger partial charge in [-0.05, 0) is 91.4 Å². The van der Waals surface area contributed by atoms with E-state index in [1.54, 1.807) is 11.8 Å². The molecule has 4 fully saturated rings. The Labute approximate surface area is 199 Å².